The lowest BCUT2D eigenvalue weighted by atomic mass is 10.1. The van der Waals surface area contributed by atoms with Crippen LogP contribution in [-0.2, 0) is 13.0 Å². The van der Waals surface area contributed by atoms with E-state index in [9.17, 15) is 4.79 Å². The number of aromatic nitrogens is 2. The van der Waals surface area contributed by atoms with E-state index in [1.165, 1.54) is 11.1 Å². The van der Waals surface area contributed by atoms with Gasteiger partial charge in [0.05, 0.1) is 13.2 Å². The molecule has 2 aliphatic rings. The first-order chi connectivity index (χ1) is 15.6. The van der Waals surface area contributed by atoms with Crippen LogP contribution in [0.5, 0.6) is 5.75 Å². The average molecular weight is 431 g/mol. The maximum absolute atomic E-state index is 13.1. The molecule has 1 aromatic carbocycles. The van der Waals surface area contributed by atoms with Gasteiger partial charge >= 0.3 is 0 Å². The van der Waals surface area contributed by atoms with Crippen molar-refractivity contribution in [1.82, 2.24) is 19.4 Å². The van der Waals surface area contributed by atoms with Crippen LogP contribution in [0.25, 0.3) is 5.82 Å². The van der Waals surface area contributed by atoms with E-state index in [1.807, 2.05) is 38.1 Å². The molecule has 0 bridgehead atoms. The molecular weight excluding hydrogens is 400 g/mol. The highest BCUT2D eigenvalue weighted by atomic mass is 16.5. The lowest BCUT2D eigenvalue weighted by molar-refractivity contribution is 0.0843. The molecule has 0 amide bonds. The van der Waals surface area contributed by atoms with Gasteiger partial charge in [-0.1, -0.05) is 18.2 Å². The molecule has 1 saturated heterocycles. The second kappa shape index (κ2) is 8.88. The number of Topliss-reactive ketones (excluding diaryl/α,β-unsaturated/α-hetero) is 1. The topological polar surface area (TPSA) is 50.6 Å². The van der Waals surface area contributed by atoms with Gasteiger partial charge in [-0.3, -0.25) is 14.6 Å². The van der Waals surface area contributed by atoms with Crippen LogP contribution in [0.3, 0.4) is 0 Å². The van der Waals surface area contributed by atoms with E-state index in [4.69, 9.17) is 4.74 Å². The average Bonchev–Trinajstić information content (AvgIpc) is 3.39. The predicted octanol–water partition coefficient (Wildman–Crippen LogP) is 3.42. The van der Waals surface area contributed by atoms with Gasteiger partial charge in [-0.15, -0.1) is 0 Å². The molecule has 2 aliphatic heterocycles. The Bertz CT molecular complexity index is 1110. The van der Waals surface area contributed by atoms with Gasteiger partial charge in [0.2, 0.25) is 0 Å². The minimum absolute atomic E-state index is 0.187. The van der Waals surface area contributed by atoms with E-state index < -0.39 is 0 Å². The maximum Gasteiger partial charge on any atom is 0.178 e. The van der Waals surface area contributed by atoms with Crippen LogP contribution >= 0.6 is 0 Å². The van der Waals surface area contributed by atoms with Crippen LogP contribution in [-0.4, -0.2) is 64.5 Å². The summed E-state index contributed by atoms with van der Waals surface area (Å²) in [5.41, 5.74) is 5.48. The van der Waals surface area contributed by atoms with Crippen molar-refractivity contribution in [2.24, 2.45) is 0 Å². The third-order valence-corrected chi connectivity index (χ3v) is 6.60. The molecule has 5 rings (SSSR count). The number of ether oxygens (including phenoxy) is 1. The second-order valence-corrected chi connectivity index (χ2v) is 8.82. The summed E-state index contributed by atoms with van der Waals surface area (Å²) in [6.45, 7) is 10.1. The summed E-state index contributed by atoms with van der Waals surface area (Å²) in [4.78, 5) is 22.3. The standard InChI is InChI=1S/C26H30N4O2/c1-19-15-23(20(2)30(19)26-5-3-4-9-27-26)24(31)18-29-12-10-28(11-13-29)17-21-6-7-25-22(16-21)8-14-32-25/h3-7,9,15-16H,8,10-14,17-18H2,1-2H3. The summed E-state index contributed by atoms with van der Waals surface area (Å²) >= 11 is 0. The first-order valence-corrected chi connectivity index (χ1v) is 11.4. The summed E-state index contributed by atoms with van der Waals surface area (Å²) in [5.74, 6) is 2.08. The van der Waals surface area contributed by atoms with Crippen molar-refractivity contribution in [2.45, 2.75) is 26.8 Å². The quantitative estimate of drug-likeness (QED) is 0.561. The number of fused-ring (bicyclic) bond motifs is 1. The van der Waals surface area contributed by atoms with Crippen molar-refractivity contribution in [3.8, 4) is 11.6 Å². The first kappa shape index (κ1) is 20.9. The molecule has 4 heterocycles. The zero-order chi connectivity index (χ0) is 22.1. The molecule has 0 spiro atoms. The lowest BCUT2D eigenvalue weighted by Crippen LogP contribution is -2.47. The fourth-order valence-electron chi connectivity index (χ4n) is 4.87. The van der Waals surface area contributed by atoms with Gasteiger partial charge in [-0.2, -0.15) is 0 Å². The van der Waals surface area contributed by atoms with Crippen molar-refractivity contribution in [2.75, 3.05) is 39.3 Å². The lowest BCUT2D eigenvalue weighted by Gasteiger charge is -2.34. The Morgan fingerprint density at radius 2 is 1.84 bits per heavy atom. The van der Waals surface area contributed by atoms with Crippen LogP contribution in [0.2, 0.25) is 0 Å². The third-order valence-electron chi connectivity index (χ3n) is 6.60. The molecule has 166 valence electrons. The maximum atomic E-state index is 13.1. The van der Waals surface area contributed by atoms with Crippen molar-refractivity contribution in [1.29, 1.82) is 0 Å². The Morgan fingerprint density at radius 3 is 2.62 bits per heavy atom. The molecule has 0 unspecified atom stereocenters. The van der Waals surface area contributed by atoms with Gasteiger partial charge < -0.3 is 9.30 Å². The molecule has 6 heteroatoms. The van der Waals surface area contributed by atoms with Crippen molar-refractivity contribution in [3.05, 3.63) is 76.7 Å². The largest absolute Gasteiger partial charge is 0.493 e. The van der Waals surface area contributed by atoms with E-state index in [1.54, 1.807) is 6.20 Å². The minimum Gasteiger partial charge on any atom is -0.493 e. The highest BCUT2D eigenvalue weighted by molar-refractivity contribution is 5.99. The number of carbonyl (C=O) groups is 1. The number of hydrogen-bond donors (Lipinski definition) is 0. The Morgan fingerprint density at radius 1 is 1.03 bits per heavy atom. The predicted molar refractivity (Wildman–Crippen MR) is 125 cm³/mol. The SMILES string of the molecule is Cc1cc(C(=O)CN2CCN(Cc3ccc4c(c3)CCO4)CC2)c(C)n1-c1ccccn1. The molecule has 0 saturated carbocycles. The number of nitrogens with zero attached hydrogens (tertiary/aromatic N) is 4. The Kier molecular flexibility index (Phi) is 5.81. The normalized spacial score (nSPS) is 16.7. The highest BCUT2D eigenvalue weighted by Crippen LogP contribution is 2.26. The van der Waals surface area contributed by atoms with E-state index in [0.717, 1.165) is 74.3 Å². The Hall–Kier alpha value is -2.96. The fourth-order valence-corrected chi connectivity index (χ4v) is 4.87. The molecule has 0 atom stereocenters. The molecule has 6 nitrogen and oxygen atoms in total. The van der Waals surface area contributed by atoms with Crippen molar-refractivity contribution in [3.63, 3.8) is 0 Å². The van der Waals surface area contributed by atoms with Gasteiger partial charge in [0.1, 0.15) is 11.6 Å². The molecule has 0 N–H and O–H groups in total. The zero-order valence-corrected chi connectivity index (χ0v) is 18.9. The van der Waals surface area contributed by atoms with E-state index in [2.05, 4.69) is 37.5 Å². The summed E-state index contributed by atoms with van der Waals surface area (Å²) < 4.78 is 7.68. The molecule has 0 radical (unpaired) electrons. The molecular formula is C26H30N4O2. The number of rotatable bonds is 6. The van der Waals surface area contributed by atoms with Crippen LogP contribution < -0.4 is 4.74 Å². The van der Waals surface area contributed by atoms with E-state index in [-0.39, 0.29) is 5.78 Å². The van der Waals surface area contributed by atoms with Crippen molar-refractivity contribution < 1.29 is 9.53 Å². The Labute approximate surface area is 189 Å². The van der Waals surface area contributed by atoms with Gasteiger partial charge in [-0.05, 0) is 49.2 Å². The number of hydrogen-bond acceptors (Lipinski definition) is 5. The molecule has 3 aromatic rings. The monoisotopic (exact) mass is 430 g/mol. The highest BCUT2D eigenvalue weighted by Gasteiger charge is 2.23. The zero-order valence-electron chi connectivity index (χ0n) is 18.9. The number of pyridine rings is 1. The number of carbonyl (C=O) groups excluding carboxylic acids is 1. The Balaban J connectivity index is 1.18. The minimum atomic E-state index is 0.187. The molecule has 0 aliphatic carbocycles. The van der Waals surface area contributed by atoms with Crippen LogP contribution in [0.1, 0.15) is 32.9 Å². The van der Waals surface area contributed by atoms with Gasteiger partial charge in [-0.25, -0.2) is 4.98 Å². The number of benzene rings is 1. The smallest absolute Gasteiger partial charge is 0.178 e. The second-order valence-electron chi connectivity index (χ2n) is 8.82. The number of piperazine rings is 1. The van der Waals surface area contributed by atoms with Gasteiger partial charge in [0.15, 0.2) is 5.78 Å². The summed E-state index contributed by atoms with van der Waals surface area (Å²) in [6, 6.07) is 14.4. The number of aryl methyl sites for hydroxylation is 1. The first-order valence-electron chi connectivity index (χ1n) is 11.4. The number of ketones is 1. The summed E-state index contributed by atoms with van der Waals surface area (Å²) in [6.07, 6.45) is 2.80. The van der Waals surface area contributed by atoms with Crippen LogP contribution in [0, 0.1) is 13.8 Å². The van der Waals surface area contributed by atoms with Crippen LogP contribution in [0.4, 0.5) is 0 Å². The van der Waals surface area contributed by atoms with Crippen molar-refractivity contribution >= 4 is 5.78 Å². The van der Waals surface area contributed by atoms with Gasteiger partial charge in [0.25, 0.3) is 0 Å². The third kappa shape index (κ3) is 4.20. The fraction of sp³-hybridized carbons (Fsp3) is 0.385. The van der Waals surface area contributed by atoms with E-state index in [0.29, 0.717) is 6.54 Å². The summed E-state index contributed by atoms with van der Waals surface area (Å²) in [5, 5.41) is 0. The van der Waals surface area contributed by atoms with Crippen LogP contribution in [0.15, 0.2) is 48.7 Å². The van der Waals surface area contributed by atoms with E-state index >= 15 is 0 Å². The summed E-state index contributed by atoms with van der Waals surface area (Å²) in [7, 11) is 0. The molecule has 32 heavy (non-hydrogen) atoms. The van der Waals surface area contributed by atoms with Gasteiger partial charge in [0, 0.05) is 62.3 Å². The molecule has 1 fully saturated rings. The molecule has 2 aromatic heterocycles.